The van der Waals surface area contributed by atoms with E-state index >= 15 is 0 Å². The van der Waals surface area contributed by atoms with Gasteiger partial charge in [0, 0.05) is 0 Å². The van der Waals surface area contributed by atoms with Gasteiger partial charge in [-0.25, -0.2) is 0 Å². The maximum atomic E-state index is 12.4. The SMILES string of the molecule is COc1ccc(NC(=O)CNc2ccccc2OC(F)(F)F)c([N+](=O)[O-])c1. The fourth-order valence-electron chi connectivity index (χ4n) is 2.09. The van der Waals surface area contributed by atoms with E-state index in [1.54, 1.807) is 0 Å². The quantitative estimate of drug-likeness (QED) is 0.558. The maximum absolute atomic E-state index is 12.4. The first-order valence-electron chi connectivity index (χ1n) is 7.40. The van der Waals surface area contributed by atoms with Crippen LogP contribution in [-0.4, -0.2) is 30.8 Å². The molecule has 8 nitrogen and oxygen atoms in total. The zero-order chi connectivity index (χ0) is 20.0. The summed E-state index contributed by atoms with van der Waals surface area (Å²) >= 11 is 0. The van der Waals surface area contributed by atoms with Gasteiger partial charge in [0.1, 0.15) is 11.4 Å². The number of para-hydroxylation sites is 2. The van der Waals surface area contributed by atoms with Crippen LogP contribution < -0.4 is 20.1 Å². The van der Waals surface area contributed by atoms with Gasteiger partial charge in [0.05, 0.1) is 30.3 Å². The molecule has 0 fully saturated rings. The second-order valence-electron chi connectivity index (χ2n) is 5.09. The number of amides is 1. The number of carbonyl (C=O) groups is 1. The number of nitrogens with one attached hydrogen (secondary N) is 2. The van der Waals surface area contributed by atoms with E-state index in [9.17, 15) is 28.1 Å². The Kier molecular flexibility index (Phi) is 6.06. The standard InChI is InChI=1S/C16H14F3N3O5/c1-26-10-6-7-11(13(8-10)22(24)25)21-15(23)9-20-12-4-2-3-5-14(12)27-16(17,18)19/h2-8,20H,9H2,1H3,(H,21,23). The summed E-state index contributed by atoms with van der Waals surface area (Å²) in [5.41, 5.74) is -0.523. The van der Waals surface area contributed by atoms with Gasteiger partial charge in [0.15, 0.2) is 5.75 Å². The molecule has 0 aromatic heterocycles. The lowest BCUT2D eigenvalue weighted by molar-refractivity contribution is -0.384. The van der Waals surface area contributed by atoms with E-state index in [-0.39, 0.29) is 22.8 Å². The van der Waals surface area contributed by atoms with Crippen molar-refractivity contribution in [2.45, 2.75) is 6.36 Å². The Morgan fingerprint density at radius 1 is 1.19 bits per heavy atom. The normalized spacial score (nSPS) is 10.8. The summed E-state index contributed by atoms with van der Waals surface area (Å²) in [6, 6.07) is 9.02. The molecule has 27 heavy (non-hydrogen) atoms. The number of hydrogen-bond acceptors (Lipinski definition) is 6. The van der Waals surface area contributed by atoms with Crippen LogP contribution in [-0.2, 0) is 4.79 Å². The van der Waals surface area contributed by atoms with Crippen molar-refractivity contribution in [3.05, 3.63) is 52.6 Å². The van der Waals surface area contributed by atoms with Gasteiger partial charge in [-0.15, -0.1) is 13.2 Å². The highest BCUT2D eigenvalue weighted by molar-refractivity contribution is 5.96. The van der Waals surface area contributed by atoms with Gasteiger partial charge < -0.3 is 20.1 Å². The number of anilines is 2. The Morgan fingerprint density at radius 2 is 1.89 bits per heavy atom. The van der Waals surface area contributed by atoms with Gasteiger partial charge in [-0.1, -0.05) is 12.1 Å². The first-order valence-corrected chi connectivity index (χ1v) is 7.40. The minimum absolute atomic E-state index is 0.0609. The number of halogens is 3. The molecule has 2 aromatic carbocycles. The van der Waals surface area contributed by atoms with E-state index in [1.165, 1.54) is 37.4 Å². The zero-order valence-electron chi connectivity index (χ0n) is 13.9. The van der Waals surface area contributed by atoms with E-state index in [4.69, 9.17) is 4.74 Å². The van der Waals surface area contributed by atoms with E-state index in [1.807, 2.05) is 0 Å². The highest BCUT2D eigenvalue weighted by Crippen LogP contribution is 2.30. The Labute approximate surface area is 151 Å². The summed E-state index contributed by atoms with van der Waals surface area (Å²) in [6.07, 6.45) is -4.89. The molecule has 0 bridgehead atoms. The minimum atomic E-state index is -4.89. The summed E-state index contributed by atoms with van der Waals surface area (Å²) in [5.74, 6) is -0.977. The van der Waals surface area contributed by atoms with Crippen LogP contribution in [0.5, 0.6) is 11.5 Å². The van der Waals surface area contributed by atoms with Crippen LogP contribution in [0.4, 0.5) is 30.2 Å². The molecular weight excluding hydrogens is 371 g/mol. The number of benzene rings is 2. The zero-order valence-corrected chi connectivity index (χ0v) is 13.9. The molecule has 2 aromatic rings. The van der Waals surface area contributed by atoms with Crippen LogP contribution in [0.2, 0.25) is 0 Å². The van der Waals surface area contributed by atoms with Crippen LogP contribution in [0.3, 0.4) is 0 Å². The number of ether oxygens (including phenoxy) is 2. The number of rotatable bonds is 7. The fraction of sp³-hybridized carbons (Fsp3) is 0.188. The number of nitrogens with zero attached hydrogens (tertiary/aromatic N) is 1. The molecule has 0 atom stereocenters. The second-order valence-corrected chi connectivity index (χ2v) is 5.09. The molecule has 11 heteroatoms. The molecule has 144 valence electrons. The highest BCUT2D eigenvalue weighted by atomic mass is 19.4. The molecule has 0 saturated carbocycles. The number of nitro groups is 1. The lowest BCUT2D eigenvalue weighted by atomic mass is 10.2. The van der Waals surface area contributed by atoms with E-state index in [0.717, 1.165) is 12.1 Å². The summed E-state index contributed by atoms with van der Waals surface area (Å²) in [5, 5.41) is 15.9. The molecule has 0 radical (unpaired) electrons. The highest BCUT2D eigenvalue weighted by Gasteiger charge is 2.32. The minimum Gasteiger partial charge on any atom is -0.496 e. The van der Waals surface area contributed by atoms with Crippen LogP contribution in [0.25, 0.3) is 0 Å². The van der Waals surface area contributed by atoms with Crippen molar-refractivity contribution in [1.82, 2.24) is 0 Å². The number of methoxy groups -OCH3 is 1. The lowest BCUT2D eigenvalue weighted by Crippen LogP contribution is -2.23. The van der Waals surface area contributed by atoms with Crippen molar-refractivity contribution < 1.29 is 32.4 Å². The second kappa shape index (κ2) is 8.25. The Balaban J connectivity index is 2.07. The molecule has 0 aliphatic heterocycles. The van der Waals surface area contributed by atoms with Crippen molar-refractivity contribution in [2.24, 2.45) is 0 Å². The summed E-state index contributed by atoms with van der Waals surface area (Å²) in [6.45, 7) is -0.443. The van der Waals surface area contributed by atoms with Crippen LogP contribution in [0.1, 0.15) is 0 Å². The average Bonchev–Trinajstić information content (AvgIpc) is 2.60. The predicted octanol–water partition coefficient (Wildman–Crippen LogP) is 3.55. The fourth-order valence-corrected chi connectivity index (χ4v) is 2.09. The van der Waals surface area contributed by atoms with Gasteiger partial charge in [-0.3, -0.25) is 14.9 Å². The molecule has 0 aliphatic carbocycles. The smallest absolute Gasteiger partial charge is 0.496 e. The Hall–Kier alpha value is -3.50. The van der Waals surface area contributed by atoms with Crippen molar-refractivity contribution in [3.8, 4) is 11.5 Å². The van der Waals surface area contributed by atoms with Crippen LogP contribution in [0.15, 0.2) is 42.5 Å². The number of alkyl halides is 3. The molecule has 0 unspecified atom stereocenters. The molecule has 1 amide bonds. The average molecular weight is 385 g/mol. The number of hydrogen-bond donors (Lipinski definition) is 2. The summed E-state index contributed by atoms with van der Waals surface area (Å²) in [4.78, 5) is 22.4. The van der Waals surface area contributed by atoms with Gasteiger partial charge in [0.25, 0.3) is 5.69 Å². The third-order valence-corrected chi connectivity index (χ3v) is 3.23. The third-order valence-electron chi connectivity index (χ3n) is 3.23. The first kappa shape index (κ1) is 19.8. The Bertz CT molecular complexity index is 842. The van der Waals surface area contributed by atoms with E-state index in [2.05, 4.69) is 15.4 Å². The van der Waals surface area contributed by atoms with Gasteiger partial charge in [0.2, 0.25) is 5.91 Å². The molecule has 0 heterocycles. The number of carbonyl (C=O) groups excluding carboxylic acids is 1. The van der Waals surface area contributed by atoms with Crippen molar-refractivity contribution in [3.63, 3.8) is 0 Å². The Morgan fingerprint density at radius 3 is 2.52 bits per heavy atom. The van der Waals surface area contributed by atoms with Gasteiger partial charge in [-0.05, 0) is 24.3 Å². The summed E-state index contributed by atoms with van der Waals surface area (Å²) < 4.78 is 45.9. The van der Waals surface area contributed by atoms with E-state index in [0.29, 0.717) is 0 Å². The van der Waals surface area contributed by atoms with Crippen LogP contribution in [0, 0.1) is 10.1 Å². The lowest BCUT2D eigenvalue weighted by Gasteiger charge is -2.14. The maximum Gasteiger partial charge on any atom is 0.573 e. The van der Waals surface area contributed by atoms with Gasteiger partial charge in [-0.2, -0.15) is 0 Å². The molecule has 2 N–H and O–H groups in total. The molecule has 0 aliphatic rings. The van der Waals surface area contributed by atoms with Crippen molar-refractivity contribution >= 4 is 23.0 Å². The topological polar surface area (TPSA) is 103 Å². The molecule has 0 spiro atoms. The van der Waals surface area contributed by atoms with E-state index < -0.39 is 29.5 Å². The first-order chi connectivity index (χ1) is 12.7. The monoisotopic (exact) mass is 385 g/mol. The van der Waals surface area contributed by atoms with Gasteiger partial charge >= 0.3 is 6.36 Å². The van der Waals surface area contributed by atoms with Crippen molar-refractivity contribution in [1.29, 1.82) is 0 Å². The third kappa shape index (κ3) is 5.76. The molecule has 2 rings (SSSR count). The predicted molar refractivity (Wildman–Crippen MR) is 89.9 cm³/mol. The number of nitro benzene ring substituents is 1. The van der Waals surface area contributed by atoms with Crippen LogP contribution >= 0.6 is 0 Å². The molecular formula is C16H14F3N3O5. The largest absolute Gasteiger partial charge is 0.573 e. The molecule has 0 saturated heterocycles. The van der Waals surface area contributed by atoms with Crippen molar-refractivity contribution in [2.75, 3.05) is 24.3 Å². The summed E-state index contributed by atoms with van der Waals surface area (Å²) in [7, 11) is 1.34.